The molecule has 1 aromatic carbocycles. The number of aromatic amines is 1. The predicted molar refractivity (Wildman–Crippen MR) is 58.3 cm³/mol. The van der Waals surface area contributed by atoms with E-state index in [4.69, 9.17) is 5.73 Å². The van der Waals surface area contributed by atoms with Gasteiger partial charge in [-0.2, -0.15) is 15.4 Å². The summed E-state index contributed by atoms with van der Waals surface area (Å²) in [5.41, 5.74) is 10.4. The number of nitrogens with one attached hydrogen (secondary N) is 1. The lowest BCUT2D eigenvalue weighted by molar-refractivity contribution is 0.802. The van der Waals surface area contributed by atoms with E-state index < -0.39 is 0 Å². The van der Waals surface area contributed by atoms with Crippen LogP contribution < -0.4 is 5.73 Å². The maximum absolute atomic E-state index is 6.11. The van der Waals surface area contributed by atoms with Crippen LogP contribution in [-0.4, -0.2) is 15.4 Å². The van der Waals surface area contributed by atoms with E-state index in [1.165, 1.54) is 11.1 Å². The second-order valence-corrected chi connectivity index (χ2v) is 3.73. The van der Waals surface area contributed by atoms with E-state index in [0.717, 1.165) is 11.3 Å². The number of rotatable bonds is 2. The Labute approximate surface area is 88.5 Å². The number of hydrogen-bond donors (Lipinski definition) is 2. The van der Waals surface area contributed by atoms with Crippen LogP contribution in [0.2, 0.25) is 0 Å². The van der Waals surface area contributed by atoms with Crippen molar-refractivity contribution in [2.24, 2.45) is 5.73 Å². The lowest BCUT2D eigenvalue weighted by atomic mass is 9.98. The van der Waals surface area contributed by atoms with Crippen LogP contribution in [0.1, 0.15) is 28.4 Å². The second-order valence-electron chi connectivity index (χ2n) is 3.73. The van der Waals surface area contributed by atoms with Gasteiger partial charge in [0.2, 0.25) is 0 Å². The van der Waals surface area contributed by atoms with E-state index in [9.17, 15) is 0 Å². The molecule has 0 fully saturated rings. The van der Waals surface area contributed by atoms with E-state index in [1.54, 1.807) is 6.20 Å². The molecule has 1 atom stereocenters. The number of hydrogen-bond acceptors (Lipinski definition) is 3. The molecule has 2 rings (SSSR count). The van der Waals surface area contributed by atoms with Crippen molar-refractivity contribution in [1.82, 2.24) is 15.4 Å². The van der Waals surface area contributed by atoms with Crippen LogP contribution >= 0.6 is 0 Å². The molecule has 0 saturated heterocycles. The molecule has 78 valence electrons. The quantitative estimate of drug-likeness (QED) is 0.774. The molecule has 2 aromatic rings. The lowest BCUT2D eigenvalue weighted by Crippen LogP contribution is -2.14. The van der Waals surface area contributed by atoms with Gasteiger partial charge >= 0.3 is 0 Å². The van der Waals surface area contributed by atoms with Gasteiger partial charge in [0.25, 0.3) is 0 Å². The highest BCUT2D eigenvalue weighted by molar-refractivity contribution is 5.36. The van der Waals surface area contributed by atoms with Gasteiger partial charge in [0.05, 0.1) is 12.2 Å². The summed E-state index contributed by atoms with van der Waals surface area (Å²) in [7, 11) is 0. The first-order valence-corrected chi connectivity index (χ1v) is 4.87. The molecule has 0 amide bonds. The monoisotopic (exact) mass is 202 g/mol. The summed E-state index contributed by atoms with van der Waals surface area (Å²) in [6, 6.07) is 6.04. The number of H-pyrrole nitrogens is 1. The zero-order valence-electron chi connectivity index (χ0n) is 8.86. The van der Waals surface area contributed by atoms with Gasteiger partial charge in [0.15, 0.2) is 0 Å². The van der Waals surface area contributed by atoms with E-state index in [1.807, 2.05) is 0 Å². The molecule has 0 aliphatic rings. The minimum atomic E-state index is -0.205. The van der Waals surface area contributed by atoms with E-state index in [0.29, 0.717) is 0 Å². The van der Waals surface area contributed by atoms with Crippen molar-refractivity contribution in [1.29, 1.82) is 0 Å². The maximum atomic E-state index is 6.11. The van der Waals surface area contributed by atoms with Crippen LogP contribution in [0.15, 0.2) is 24.4 Å². The van der Waals surface area contributed by atoms with E-state index in [-0.39, 0.29) is 6.04 Å². The van der Waals surface area contributed by atoms with Crippen molar-refractivity contribution >= 4 is 0 Å². The summed E-state index contributed by atoms with van der Waals surface area (Å²) in [5.74, 6) is 0. The van der Waals surface area contributed by atoms with Gasteiger partial charge < -0.3 is 5.73 Å². The molecule has 0 aliphatic heterocycles. The number of aromatic nitrogens is 3. The molecule has 1 unspecified atom stereocenters. The third-order valence-electron chi connectivity index (χ3n) is 2.52. The highest BCUT2D eigenvalue weighted by Gasteiger charge is 2.13. The highest BCUT2D eigenvalue weighted by Crippen LogP contribution is 2.21. The van der Waals surface area contributed by atoms with E-state index in [2.05, 4.69) is 47.5 Å². The summed E-state index contributed by atoms with van der Waals surface area (Å²) < 4.78 is 0. The molecule has 0 saturated carbocycles. The smallest absolute Gasteiger partial charge is 0.104 e. The molecule has 1 aromatic heterocycles. The molecule has 0 bridgehead atoms. The van der Waals surface area contributed by atoms with Gasteiger partial charge in [-0.05, 0) is 25.0 Å². The van der Waals surface area contributed by atoms with Crippen molar-refractivity contribution in [2.75, 3.05) is 0 Å². The summed E-state index contributed by atoms with van der Waals surface area (Å²) in [5, 5.41) is 10.3. The first-order valence-electron chi connectivity index (χ1n) is 4.87. The van der Waals surface area contributed by atoms with Gasteiger partial charge in [-0.25, -0.2) is 0 Å². The van der Waals surface area contributed by atoms with Gasteiger partial charge in [-0.1, -0.05) is 23.8 Å². The van der Waals surface area contributed by atoms with Crippen LogP contribution in [0.4, 0.5) is 0 Å². The summed E-state index contributed by atoms with van der Waals surface area (Å²) in [6.45, 7) is 4.10. The Morgan fingerprint density at radius 2 is 2.13 bits per heavy atom. The lowest BCUT2D eigenvalue weighted by Gasteiger charge is -2.12. The molecule has 0 aliphatic carbocycles. The molecular formula is C11H14N4. The SMILES string of the molecule is Cc1ccc(C)c(C(N)c2cn[nH]n2)c1. The van der Waals surface area contributed by atoms with Crippen molar-refractivity contribution in [3.63, 3.8) is 0 Å². The fraction of sp³-hybridized carbons (Fsp3) is 0.273. The standard InChI is InChI=1S/C11H14N4/c1-7-3-4-8(2)9(5-7)11(12)10-6-13-15-14-10/h3-6,11H,12H2,1-2H3,(H,13,14,15). The van der Waals surface area contributed by atoms with Gasteiger partial charge in [0, 0.05) is 0 Å². The van der Waals surface area contributed by atoms with Gasteiger partial charge in [-0.15, -0.1) is 0 Å². The molecule has 1 heterocycles. The number of nitrogens with zero attached hydrogens (tertiary/aromatic N) is 2. The molecule has 0 spiro atoms. The van der Waals surface area contributed by atoms with Crippen LogP contribution in [0, 0.1) is 13.8 Å². The Hall–Kier alpha value is -1.68. The Kier molecular flexibility index (Phi) is 2.51. The third-order valence-corrected chi connectivity index (χ3v) is 2.52. The van der Waals surface area contributed by atoms with Crippen molar-refractivity contribution in [2.45, 2.75) is 19.9 Å². The van der Waals surface area contributed by atoms with Gasteiger partial charge in [0.1, 0.15) is 5.69 Å². The molecule has 4 heteroatoms. The molecule has 15 heavy (non-hydrogen) atoms. The fourth-order valence-corrected chi connectivity index (χ4v) is 1.61. The minimum absolute atomic E-state index is 0.205. The molecular weight excluding hydrogens is 188 g/mol. The summed E-state index contributed by atoms with van der Waals surface area (Å²) >= 11 is 0. The molecule has 4 nitrogen and oxygen atoms in total. The Morgan fingerprint density at radius 3 is 2.80 bits per heavy atom. The minimum Gasteiger partial charge on any atom is -0.319 e. The topological polar surface area (TPSA) is 67.6 Å². The zero-order valence-corrected chi connectivity index (χ0v) is 8.86. The number of aryl methyl sites for hydroxylation is 2. The summed E-state index contributed by atoms with van der Waals surface area (Å²) in [6.07, 6.45) is 1.66. The average molecular weight is 202 g/mol. The Balaban J connectivity index is 2.41. The molecule has 0 radical (unpaired) electrons. The van der Waals surface area contributed by atoms with Crippen molar-refractivity contribution in [3.8, 4) is 0 Å². The normalized spacial score (nSPS) is 12.7. The maximum Gasteiger partial charge on any atom is 0.104 e. The van der Waals surface area contributed by atoms with Crippen molar-refractivity contribution < 1.29 is 0 Å². The largest absolute Gasteiger partial charge is 0.319 e. The van der Waals surface area contributed by atoms with Crippen molar-refractivity contribution in [3.05, 3.63) is 46.8 Å². The zero-order chi connectivity index (χ0) is 10.8. The number of benzene rings is 1. The first kappa shape index (κ1) is 9.86. The summed E-state index contributed by atoms with van der Waals surface area (Å²) in [4.78, 5) is 0. The Bertz CT molecular complexity index is 448. The fourth-order valence-electron chi connectivity index (χ4n) is 1.61. The van der Waals surface area contributed by atoms with Crippen LogP contribution in [0.5, 0.6) is 0 Å². The van der Waals surface area contributed by atoms with Crippen LogP contribution in [0.3, 0.4) is 0 Å². The van der Waals surface area contributed by atoms with Crippen LogP contribution in [-0.2, 0) is 0 Å². The van der Waals surface area contributed by atoms with Crippen LogP contribution in [0.25, 0.3) is 0 Å². The molecule has 3 N–H and O–H groups in total. The predicted octanol–water partition coefficient (Wildman–Crippen LogP) is 1.47. The number of nitrogens with two attached hydrogens (primary N) is 1. The Morgan fingerprint density at radius 1 is 1.33 bits per heavy atom. The van der Waals surface area contributed by atoms with Gasteiger partial charge in [-0.3, -0.25) is 0 Å². The second kappa shape index (κ2) is 3.82. The van der Waals surface area contributed by atoms with E-state index >= 15 is 0 Å². The highest BCUT2D eigenvalue weighted by atomic mass is 15.3. The third kappa shape index (κ3) is 1.89. The first-order chi connectivity index (χ1) is 7.18. The average Bonchev–Trinajstić information content (AvgIpc) is 2.74.